The number of allylic oxidation sites excluding steroid dienone is 2. The fourth-order valence-corrected chi connectivity index (χ4v) is 2.71. The first-order chi connectivity index (χ1) is 10.0. The standard InChI is InChI=1S/C18H23NO2/c1-4-5-15-10-14(6-7-18(15)21)11-16-12-17(20)8-9-19(16)13(2)3/h4,6-7,10-11,13,21H,1,5,8-9,12H2,2-3H3. The summed E-state index contributed by atoms with van der Waals surface area (Å²) in [7, 11) is 0. The van der Waals surface area contributed by atoms with E-state index in [1.54, 1.807) is 12.1 Å². The molecule has 21 heavy (non-hydrogen) atoms. The van der Waals surface area contributed by atoms with Crippen molar-refractivity contribution in [3.63, 3.8) is 0 Å². The molecule has 0 unspecified atom stereocenters. The summed E-state index contributed by atoms with van der Waals surface area (Å²) in [5.74, 6) is 0.584. The zero-order valence-corrected chi connectivity index (χ0v) is 12.8. The van der Waals surface area contributed by atoms with Crippen molar-refractivity contribution >= 4 is 11.9 Å². The minimum Gasteiger partial charge on any atom is -0.508 e. The molecule has 1 aliphatic rings. The Bertz CT molecular complexity index is 573. The predicted octanol–water partition coefficient (Wildman–Crippen LogP) is 3.53. The third-order valence-corrected chi connectivity index (χ3v) is 3.80. The molecule has 112 valence electrons. The van der Waals surface area contributed by atoms with Gasteiger partial charge in [-0.05, 0) is 49.6 Å². The van der Waals surface area contributed by atoms with Crippen molar-refractivity contribution < 1.29 is 9.90 Å². The molecule has 0 spiro atoms. The number of phenolic OH excluding ortho intramolecular Hbond substituents is 1. The molecule has 0 aliphatic carbocycles. The first kappa shape index (κ1) is 15.4. The second kappa shape index (κ2) is 6.61. The Morgan fingerprint density at radius 1 is 1.43 bits per heavy atom. The number of carbonyl (C=O) groups excluding carboxylic acids is 1. The first-order valence-electron chi connectivity index (χ1n) is 7.43. The zero-order valence-electron chi connectivity index (χ0n) is 12.8. The highest BCUT2D eigenvalue weighted by molar-refractivity contribution is 5.83. The van der Waals surface area contributed by atoms with Gasteiger partial charge in [-0.15, -0.1) is 6.58 Å². The zero-order chi connectivity index (χ0) is 15.4. The number of phenols is 1. The summed E-state index contributed by atoms with van der Waals surface area (Å²) in [4.78, 5) is 14.0. The average Bonchev–Trinajstić information content (AvgIpc) is 2.42. The van der Waals surface area contributed by atoms with E-state index in [-0.39, 0.29) is 5.75 Å². The SMILES string of the molecule is C=CCc1cc(C=C2CC(=O)CCN2C(C)C)ccc1O. The van der Waals surface area contributed by atoms with Gasteiger partial charge < -0.3 is 10.0 Å². The molecule has 3 nitrogen and oxygen atoms in total. The summed E-state index contributed by atoms with van der Waals surface area (Å²) >= 11 is 0. The van der Waals surface area contributed by atoms with Gasteiger partial charge in [0.1, 0.15) is 11.5 Å². The molecule has 1 fully saturated rings. The van der Waals surface area contributed by atoms with Crippen LogP contribution in [-0.4, -0.2) is 28.4 Å². The molecule has 0 radical (unpaired) electrons. The molecule has 3 heteroatoms. The van der Waals surface area contributed by atoms with E-state index in [4.69, 9.17) is 0 Å². The number of ketones is 1. The lowest BCUT2D eigenvalue weighted by atomic mass is 10.0. The van der Waals surface area contributed by atoms with Crippen LogP contribution in [0, 0.1) is 0 Å². The summed E-state index contributed by atoms with van der Waals surface area (Å²) in [6, 6.07) is 5.93. The molecular weight excluding hydrogens is 262 g/mol. The first-order valence-corrected chi connectivity index (χ1v) is 7.43. The molecule has 1 heterocycles. The van der Waals surface area contributed by atoms with E-state index in [1.807, 2.05) is 12.1 Å². The Labute approximate surface area is 126 Å². The fourth-order valence-electron chi connectivity index (χ4n) is 2.71. The molecule has 1 aromatic rings. The van der Waals surface area contributed by atoms with Gasteiger partial charge in [-0.25, -0.2) is 0 Å². The summed E-state index contributed by atoms with van der Waals surface area (Å²) in [6.45, 7) is 8.78. The summed E-state index contributed by atoms with van der Waals surface area (Å²) < 4.78 is 0. The highest BCUT2D eigenvalue weighted by atomic mass is 16.3. The van der Waals surface area contributed by atoms with E-state index < -0.39 is 0 Å². The Balaban J connectivity index is 2.33. The van der Waals surface area contributed by atoms with Crippen LogP contribution in [0.5, 0.6) is 5.75 Å². The van der Waals surface area contributed by atoms with E-state index in [0.717, 1.165) is 23.4 Å². The molecule has 1 aromatic carbocycles. The van der Waals surface area contributed by atoms with Crippen LogP contribution in [0.25, 0.3) is 6.08 Å². The van der Waals surface area contributed by atoms with E-state index in [9.17, 15) is 9.90 Å². The number of carbonyl (C=O) groups is 1. The number of aromatic hydroxyl groups is 1. The number of rotatable bonds is 4. The van der Waals surface area contributed by atoms with E-state index in [2.05, 4.69) is 31.4 Å². The highest BCUT2D eigenvalue weighted by Gasteiger charge is 2.22. The van der Waals surface area contributed by atoms with Crippen molar-refractivity contribution in [2.24, 2.45) is 0 Å². The second-order valence-electron chi connectivity index (χ2n) is 5.77. The van der Waals surface area contributed by atoms with Gasteiger partial charge in [-0.3, -0.25) is 4.79 Å². The number of Topliss-reactive ketones (excluding diaryl/α,β-unsaturated/α-hetero) is 1. The van der Waals surface area contributed by atoms with Gasteiger partial charge >= 0.3 is 0 Å². The monoisotopic (exact) mass is 285 g/mol. The predicted molar refractivity (Wildman–Crippen MR) is 86.1 cm³/mol. The van der Waals surface area contributed by atoms with Gasteiger partial charge in [0, 0.05) is 31.1 Å². The lowest BCUT2D eigenvalue weighted by Gasteiger charge is -2.34. The van der Waals surface area contributed by atoms with Crippen LogP contribution >= 0.6 is 0 Å². The van der Waals surface area contributed by atoms with Crippen molar-refractivity contribution in [2.45, 2.75) is 39.2 Å². The van der Waals surface area contributed by atoms with Gasteiger partial charge in [-0.2, -0.15) is 0 Å². The summed E-state index contributed by atoms with van der Waals surface area (Å²) in [6.07, 6.45) is 5.60. The van der Waals surface area contributed by atoms with Crippen LogP contribution in [0.2, 0.25) is 0 Å². The van der Waals surface area contributed by atoms with Crippen LogP contribution in [0.4, 0.5) is 0 Å². The Morgan fingerprint density at radius 3 is 2.86 bits per heavy atom. The largest absolute Gasteiger partial charge is 0.508 e. The number of likely N-dealkylation sites (tertiary alicyclic amines) is 1. The lowest BCUT2D eigenvalue weighted by molar-refractivity contribution is -0.120. The molecule has 0 aromatic heterocycles. The summed E-state index contributed by atoms with van der Waals surface area (Å²) in [5, 5.41) is 9.82. The molecular formula is C18H23NO2. The van der Waals surface area contributed by atoms with Crippen LogP contribution in [0.1, 0.15) is 37.8 Å². The molecule has 0 saturated carbocycles. The Kier molecular flexibility index (Phi) is 4.84. The normalized spacial score (nSPS) is 17.6. The lowest BCUT2D eigenvalue weighted by Crippen LogP contribution is -2.36. The van der Waals surface area contributed by atoms with Gasteiger partial charge in [0.25, 0.3) is 0 Å². The van der Waals surface area contributed by atoms with Crippen LogP contribution in [0.3, 0.4) is 0 Å². The van der Waals surface area contributed by atoms with Gasteiger partial charge in [0.15, 0.2) is 0 Å². The van der Waals surface area contributed by atoms with Crippen molar-refractivity contribution in [1.82, 2.24) is 4.90 Å². The Hall–Kier alpha value is -2.03. The van der Waals surface area contributed by atoms with Crippen molar-refractivity contribution in [2.75, 3.05) is 6.54 Å². The van der Waals surface area contributed by atoms with Gasteiger partial charge in [0.05, 0.1) is 0 Å². The minimum absolute atomic E-state index is 0.289. The third-order valence-electron chi connectivity index (χ3n) is 3.80. The molecule has 0 atom stereocenters. The number of hydrogen-bond donors (Lipinski definition) is 1. The van der Waals surface area contributed by atoms with Crippen LogP contribution in [0.15, 0.2) is 36.6 Å². The van der Waals surface area contributed by atoms with Crippen molar-refractivity contribution in [3.8, 4) is 5.75 Å². The minimum atomic E-state index is 0.289. The van der Waals surface area contributed by atoms with Crippen LogP contribution < -0.4 is 0 Å². The number of hydrogen-bond acceptors (Lipinski definition) is 3. The second-order valence-corrected chi connectivity index (χ2v) is 5.77. The number of nitrogens with zero attached hydrogens (tertiary/aromatic N) is 1. The fraction of sp³-hybridized carbons (Fsp3) is 0.389. The van der Waals surface area contributed by atoms with E-state index in [0.29, 0.717) is 31.1 Å². The highest BCUT2D eigenvalue weighted by Crippen LogP contribution is 2.25. The number of benzene rings is 1. The topological polar surface area (TPSA) is 40.5 Å². The molecule has 1 aliphatic heterocycles. The van der Waals surface area contributed by atoms with Crippen molar-refractivity contribution in [1.29, 1.82) is 0 Å². The van der Waals surface area contributed by atoms with Gasteiger partial charge in [-0.1, -0.05) is 12.1 Å². The molecule has 0 bridgehead atoms. The Morgan fingerprint density at radius 2 is 2.19 bits per heavy atom. The van der Waals surface area contributed by atoms with E-state index >= 15 is 0 Å². The van der Waals surface area contributed by atoms with E-state index in [1.165, 1.54) is 0 Å². The molecule has 1 saturated heterocycles. The third kappa shape index (κ3) is 3.75. The maximum Gasteiger partial charge on any atom is 0.140 e. The van der Waals surface area contributed by atoms with Crippen molar-refractivity contribution in [3.05, 3.63) is 47.7 Å². The van der Waals surface area contributed by atoms with Crippen LogP contribution in [-0.2, 0) is 11.2 Å². The molecule has 0 amide bonds. The maximum atomic E-state index is 11.7. The average molecular weight is 285 g/mol. The quantitative estimate of drug-likeness (QED) is 0.860. The molecule has 1 N–H and O–H groups in total. The molecule has 2 rings (SSSR count). The van der Waals surface area contributed by atoms with Gasteiger partial charge in [0.2, 0.25) is 0 Å². The maximum absolute atomic E-state index is 11.7. The number of piperidine rings is 1. The summed E-state index contributed by atoms with van der Waals surface area (Å²) in [5.41, 5.74) is 2.94. The smallest absolute Gasteiger partial charge is 0.140 e.